The van der Waals surface area contributed by atoms with Crippen molar-refractivity contribution in [2.45, 2.75) is 24.5 Å². The molecular weight excluding hydrogens is 270 g/mol. The van der Waals surface area contributed by atoms with Gasteiger partial charge in [0.25, 0.3) is 5.56 Å². The molecule has 0 amide bonds. The van der Waals surface area contributed by atoms with Gasteiger partial charge < -0.3 is 20.1 Å². The van der Waals surface area contributed by atoms with Crippen LogP contribution in [0.25, 0.3) is 10.1 Å². The molecule has 1 aliphatic rings. The number of nitrogens with zero attached hydrogens (tertiary/aromatic N) is 1. The van der Waals surface area contributed by atoms with Gasteiger partial charge >= 0.3 is 0 Å². The average Bonchev–Trinajstić information content (AvgIpc) is 2.98. The van der Waals surface area contributed by atoms with Crippen LogP contribution in [0.5, 0.6) is 0 Å². The van der Waals surface area contributed by atoms with E-state index in [0.29, 0.717) is 5.39 Å². The van der Waals surface area contributed by atoms with Crippen LogP contribution < -0.4 is 5.56 Å². The summed E-state index contributed by atoms with van der Waals surface area (Å²) in [4.78, 5) is 12.3. The fraction of sp³-hybridized carbons (Fsp3) is 0.417. The lowest BCUT2D eigenvalue weighted by Gasteiger charge is -2.17. The van der Waals surface area contributed by atoms with Crippen LogP contribution in [-0.2, 0) is 4.74 Å². The zero-order valence-corrected chi connectivity index (χ0v) is 10.7. The summed E-state index contributed by atoms with van der Waals surface area (Å²) in [7, 11) is 0. The first-order valence-corrected chi connectivity index (χ1v) is 6.72. The Morgan fingerprint density at radius 2 is 2.11 bits per heavy atom. The van der Waals surface area contributed by atoms with Gasteiger partial charge in [0, 0.05) is 10.9 Å². The molecule has 3 rings (SSSR count). The Hall–Kier alpha value is -1.25. The summed E-state index contributed by atoms with van der Waals surface area (Å²) in [5.74, 6) is 0. The summed E-state index contributed by atoms with van der Waals surface area (Å²) < 4.78 is 7.45. The predicted octanol–water partition coefficient (Wildman–Crippen LogP) is -0.326. The van der Waals surface area contributed by atoms with Crippen molar-refractivity contribution in [1.82, 2.24) is 4.57 Å². The van der Waals surface area contributed by atoms with Crippen molar-refractivity contribution in [2.24, 2.45) is 0 Å². The Labute approximate surface area is 112 Å². The lowest BCUT2D eigenvalue weighted by Crippen LogP contribution is -2.35. The molecule has 1 fully saturated rings. The van der Waals surface area contributed by atoms with Crippen molar-refractivity contribution in [3.63, 3.8) is 0 Å². The minimum atomic E-state index is -1.24. The highest BCUT2D eigenvalue weighted by molar-refractivity contribution is 7.17. The van der Waals surface area contributed by atoms with Gasteiger partial charge in [-0.3, -0.25) is 9.36 Å². The van der Waals surface area contributed by atoms with Gasteiger partial charge in [0.1, 0.15) is 18.3 Å². The van der Waals surface area contributed by atoms with Gasteiger partial charge in [-0.05, 0) is 17.5 Å². The molecular formula is C12H13NO5S. The summed E-state index contributed by atoms with van der Waals surface area (Å²) in [6, 6.07) is 3.47. The third-order valence-electron chi connectivity index (χ3n) is 3.34. The van der Waals surface area contributed by atoms with E-state index in [0.717, 1.165) is 4.70 Å². The molecule has 1 unspecified atom stereocenters. The summed E-state index contributed by atoms with van der Waals surface area (Å²) in [5.41, 5.74) is -0.284. The summed E-state index contributed by atoms with van der Waals surface area (Å²) in [6.07, 6.45) is -2.79. The van der Waals surface area contributed by atoms with Crippen LogP contribution >= 0.6 is 11.3 Å². The Kier molecular flexibility index (Phi) is 3.15. The van der Waals surface area contributed by atoms with Crippen molar-refractivity contribution in [3.8, 4) is 0 Å². The Morgan fingerprint density at radius 3 is 2.79 bits per heavy atom. The van der Waals surface area contributed by atoms with E-state index >= 15 is 0 Å². The fourth-order valence-corrected chi connectivity index (χ4v) is 3.06. The van der Waals surface area contributed by atoms with E-state index in [1.807, 2.05) is 5.38 Å². The summed E-state index contributed by atoms with van der Waals surface area (Å²) in [5, 5.41) is 31.0. The molecule has 0 aliphatic carbocycles. The normalized spacial score (nSPS) is 31.1. The standard InChI is InChI=1S/C12H13NO5S/c14-5-7-9(15)10(16)12(18-7)13-3-1-8-6(11(13)17)2-4-19-8/h1-4,7,9-10,12,14-16H,5H2/t7-,9-,10-,12?/m1/s1. The molecule has 3 N–H and O–H groups in total. The van der Waals surface area contributed by atoms with Crippen molar-refractivity contribution >= 4 is 21.4 Å². The van der Waals surface area contributed by atoms with Crippen molar-refractivity contribution < 1.29 is 20.1 Å². The number of hydrogen-bond acceptors (Lipinski definition) is 6. The highest BCUT2D eigenvalue weighted by atomic mass is 32.1. The van der Waals surface area contributed by atoms with Crippen LogP contribution in [0.15, 0.2) is 28.5 Å². The molecule has 2 aromatic rings. The minimum Gasteiger partial charge on any atom is -0.394 e. The number of pyridine rings is 1. The third kappa shape index (κ3) is 1.90. The zero-order valence-electron chi connectivity index (χ0n) is 9.84. The molecule has 0 radical (unpaired) electrons. The number of rotatable bonds is 2. The van der Waals surface area contributed by atoms with E-state index in [4.69, 9.17) is 9.84 Å². The van der Waals surface area contributed by atoms with Crippen molar-refractivity contribution in [2.75, 3.05) is 6.61 Å². The molecule has 7 heteroatoms. The number of thiophene rings is 1. The van der Waals surface area contributed by atoms with Crippen LogP contribution in [0.1, 0.15) is 6.23 Å². The maximum absolute atomic E-state index is 12.3. The molecule has 0 spiro atoms. The number of fused-ring (bicyclic) bond motifs is 1. The average molecular weight is 283 g/mol. The van der Waals surface area contributed by atoms with E-state index in [-0.39, 0.29) is 5.56 Å². The van der Waals surface area contributed by atoms with Crippen LogP contribution in [0.4, 0.5) is 0 Å². The highest BCUT2D eigenvalue weighted by Crippen LogP contribution is 2.29. The number of aliphatic hydroxyl groups excluding tert-OH is 3. The highest BCUT2D eigenvalue weighted by Gasteiger charge is 2.43. The number of ether oxygens (including phenoxy) is 1. The largest absolute Gasteiger partial charge is 0.394 e. The van der Waals surface area contributed by atoms with Crippen LogP contribution in [0, 0.1) is 0 Å². The SMILES string of the molecule is O=c1c2ccsc2ccn1C1O[C@H](CO)[C@@H](O)[C@H]1O. The van der Waals surface area contributed by atoms with Crippen LogP contribution in [-0.4, -0.2) is 44.8 Å². The second-order valence-electron chi connectivity index (χ2n) is 4.46. The number of hydrogen-bond donors (Lipinski definition) is 3. The Bertz CT molecular complexity index is 651. The van der Waals surface area contributed by atoms with Gasteiger partial charge in [0.2, 0.25) is 0 Å². The lowest BCUT2D eigenvalue weighted by atomic mass is 10.1. The number of aliphatic hydroxyl groups is 3. The maximum Gasteiger partial charge on any atom is 0.261 e. The first-order chi connectivity index (χ1) is 9.13. The molecule has 0 saturated carbocycles. The summed E-state index contributed by atoms with van der Waals surface area (Å²) in [6.45, 7) is -0.413. The second-order valence-corrected chi connectivity index (χ2v) is 5.40. The Balaban J connectivity index is 2.05. The molecule has 3 heterocycles. The Morgan fingerprint density at radius 1 is 1.32 bits per heavy atom. The van der Waals surface area contributed by atoms with Crippen molar-refractivity contribution in [1.29, 1.82) is 0 Å². The van der Waals surface area contributed by atoms with Crippen LogP contribution in [0.2, 0.25) is 0 Å². The van der Waals surface area contributed by atoms with E-state index in [2.05, 4.69) is 0 Å². The first-order valence-electron chi connectivity index (χ1n) is 5.84. The van der Waals surface area contributed by atoms with E-state index < -0.39 is 31.1 Å². The van der Waals surface area contributed by atoms with Gasteiger partial charge in [-0.1, -0.05) is 0 Å². The molecule has 0 bridgehead atoms. The van der Waals surface area contributed by atoms with E-state index in [1.54, 1.807) is 12.1 Å². The molecule has 1 aliphatic heterocycles. The van der Waals surface area contributed by atoms with E-state index in [1.165, 1.54) is 22.1 Å². The third-order valence-corrected chi connectivity index (χ3v) is 4.22. The smallest absolute Gasteiger partial charge is 0.261 e. The lowest BCUT2D eigenvalue weighted by molar-refractivity contribution is -0.0541. The predicted molar refractivity (Wildman–Crippen MR) is 69.1 cm³/mol. The first kappa shape index (κ1) is 12.8. The molecule has 19 heavy (non-hydrogen) atoms. The minimum absolute atomic E-state index is 0.284. The zero-order chi connectivity index (χ0) is 13.6. The van der Waals surface area contributed by atoms with Crippen molar-refractivity contribution in [3.05, 3.63) is 34.1 Å². The summed E-state index contributed by atoms with van der Waals surface area (Å²) >= 11 is 1.45. The maximum atomic E-state index is 12.3. The fourth-order valence-electron chi connectivity index (χ4n) is 2.29. The molecule has 1 saturated heterocycles. The van der Waals surface area contributed by atoms with Gasteiger partial charge in [0.15, 0.2) is 6.23 Å². The molecule has 0 aromatic carbocycles. The molecule has 2 aromatic heterocycles. The van der Waals surface area contributed by atoms with Gasteiger partial charge in [-0.2, -0.15) is 0 Å². The second kappa shape index (κ2) is 4.69. The number of aromatic nitrogens is 1. The van der Waals surface area contributed by atoms with Crippen LogP contribution in [0.3, 0.4) is 0 Å². The topological polar surface area (TPSA) is 91.9 Å². The molecule has 102 valence electrons. The molecule has 4 atom stereocenters. The van der Waals surface area contributed by atoms with Gasteiger partial charge in [-0.15, -0.1) is 11.3 Å². The van der Waals surface area contributed by atoms with E-state index in [9.17, 15) is 15.0 Å². The molecule has 6 nitrogen and oxygen atoms in total. The van der Waals surface area contributed by atoms with Gasteiger partial charge in [0.05, 0.1) is 12.0 Å². The monoisotopic (exact) mass is 283 g/mol. The van der Waals surface area contributed by atoms with Gasteiger partial charge in [-0.25, -0.2) is 0 Å². The quantitative estimate of drug-likeness (QED) is 0.702.